The second-order valence-corrected chi connectivity index (χ2v) is 34.1. The Labute approximate surface area is 632 Å². The van der Waals surface area contributed by atoms with E-state index in [2.05, 4.69) is 41.5 Å². The Morgan fingerprint density at radius 2 is 0.447 bits per heavy atom. The Hall–Kier alpha value is -1.94. The Balaban J connectivity index is 5.18. The SMILES string of the molecule is CCCCCCCCCCCCCCC(=O)O[C@H](COC(=O)CCCCCCCCCCC)COP(=O)(O)OC[C@H](O)COP(=O)(O)OC[C@@H](COC(=O)CCCCCCCCCCCCCCCCCCCCC(C)C)OC(=O)CCCCCCCCCCCCCCCCCCCCC(C)C. The summed E-state index contributed by atoms with van der Waals surface area (Å²) in [4.78, 5) is 73.0. The first kappa shape index (κ1) is 101. The Morgan fingerprint density at radius 3 is 0.660 bits per heavy atom. The van der Waals surface area contributed by atoms with Gasteiger partial charge in [-0.15, -0.1) is 0 Å². The summed E-state index contributed by atoms with van der Waals surface area (Å²) in [5, 5.41) is 10.6. The summed E-state index contributed by atoms with van der Waals surface area (Å²) in [7, 11) is -9.92. The fourth-order valence-electron chi connectivity index (χ4n) is 13.1. The largest absolute Gasteiger partial charge is 0.472 e. The third kappa shape index (κ3) is 78.0. The van der Waals surface area contributed by atoms with Crippen LogP contribution >= 0.6 is 15.6 Å². The molecule has 0 heterocycles. The van der Waals surface area contributed by atoms with Gasteiger partial charge in [0.25, 0.3) is 0 Å². The number of rotatable bonds is 83. The lowest BCUT2D eigenvalue weighted by Crippen LogP contribution is -2.30. The molecule has 0 spiro atoms. The molecule has 2 unspecified atom stereocenters. The second-order valence-electron chi connectivity index (χ2n) is 31.2. The van der Waals surface area contributed by atoms with Crippen molar-refractivity contribution in [3.8, 4) is 0 Å². The van der Waals surface area contributed by atoms with Crippen LogP contribution in [0, 0.1) is 11.8 Å². The van der Waals surface area contributed by atoms with Gasteiger partial charge in [0.2, 0.25) is 0 Å². The molecule has 103 heavy (non-hydrogen) atoms. The molecule has 0 aromatic rings. The highest BCUT2D eigenvalue weighted by molar-refractivity contribution is 7.47. The molecule has 3 N–H and O–H groups in total. The number of ether oxygens (including phenoxy) is 4. The molecule has 0 fully saturated rings. The predicted molar refractivity (Wildman–Crippen MR) is 423 cm³/mol. The van der Waals surface area contributed by atoms with Gasteiger partial charge in [0.05, 0.1) is 26.4 Å². The van der Waals surface area contributed by atoms with E-state index in [4.69, 9.17) is 37.0 Å². The van der Waals surface area contributed by atoms with Gasteiger partial charge in [0.1, 0.15) is 19.3 Å². The molecule has 0 aliphatic heterocycles. The quantitative estimate of drug-likeness (QED) is 0.0222. The highest BCUT2D eigenvalue weighted by Crippen LogP contribution is 2.45. The van der Waals surface area contributed by atoms with E-state index in [1.165, 1.54) is 263 Å². The molecular formula is C84H164O17P2. The summed E-state index contributed by atoms with van der Waals surface area (Å²) in [6, 6.07) is 0. The standard InChI is InChI=1S/C84H164O17P2/c1-7-9-11-13-15-17-18-37-44-50-56-62-68-83(88)100-79(72-94-81(86)66-60-54-48-40-16-14-12-10-8-2)74-98-102(90,91)96-70-78(85)71-97-103(92,93)99-75-80(101-84(89)69-63-57-51-45-39-34-30-26-22-20-24-28-32-36-42-47-53-59-65-77(5)6)73-95-82(87)67-61-55-49-43-38-33-29-25-21-19-23-27-31-35-41-46-52-58-64-76(3)4/h76-80,85H,7-75H2,1-6H3,(H,90,91)(H,92,93)/t78-,79+,80+/m0/s1. The minimum Gasteiger partial charge on any atom is -0.462 e. The summed E-state index contributed by atoms with van der Waals surface area (Å²) < 4.78 is 68.7. The van der Waals surface area contributed by atoms with Crippen LogP contribution in [0.5, 0.6) is 0 Å². The number of carbonyl (C=O) groups excluding carboxylic acids is 4. The van der Waals surface area contributed by atoms with Gasteiger partial charge in [0, 0.05) is 25.7 Å². The van der Waals surface area contributed by atoms with E-state index in [0.717, 1.165) is 102 Å². The molecule has 0 aliphatic carbocycles. The highest BCUT2D eigenvalue weighted by atomic mass is 31.2. The number of esters is 4. The molecule has 0 bridgehead atoms. The summed E-state index contributed by atoms with van der Waals surface area (Å²) in [5.41, 5.74) is 0. The Kier molecular flexibility index (Phi) is 74.1. The van der Waals surface area contributed by atoms with Crippen LogP contribution in [0.25, 0.3) is 0 Å². The molecule has 19 heteroatoms. The van der Waals surface area contributed by atoms with Gasteiger partial charge >= 0.3 is 39.5 Å². The fraction of sp³-hybridized carbons (Fsp3) is 0.952. The summed E-state index contributed by atoms with van der Waals surface area (Å²) >= 11 is 0. The van der Waals surface area contributed by atoms with Crippen molar-refractivity contribution in [1.82, 2.24) is 0 Å². The third-order valence-corrected chi connectivity index (χ3v) is 21.6. The first-order chi connectivity index (χ1) is 49.9. The number of carbonyl (C=O) groups is 4. The number of unbranched alkanes of at least 4 members (excludes halogenated alkanes) is 53. The van der Waals surface area contributed by atoms with Crippen LogP contribution < -0.4 is 0 Å². The lowest BCUT2D eigenvalue weighted by Gasteiger charge is -2.21. The summed E-state index contributed by atoms with van der Waals surface area (Å²) in [5.74, 6) is -0.462. The number of hydrogen-bond acceptors (Lipinski definition) is 15. The van der Waals surface area contributed by atoms with Gasteiger partial charge in [-0.25, -0.2) is 9.13 Å². The van der Waals surface area contributed by atoms with Crippen molar-refractivity contribution in [2.24, 2.45) is 11.8 Å². The molecule has 0 saturated carbocycles. The van der Waals surface area contributed by atoms with E-state index in [-0.39, 0.29) is 25.7 Å². The number of phosphoric acid groups is 2. The number of aliphatic hydroxyl groups excluding tert-OH is 1. The maximum atomic E-state index is 13.1. The minimum atomic E-state index is -4.96. The van der Waals surface area contributed by atoms with E-state index in [0.29, 0.717) is 25.7 Å². The minimum absolute atomic E-state index is 0.108. The summed E-state index contributed by atoms with van der Waals surface area (Å²) in [6.07, 6.45) is 66.7. The number of phosphoric ester groups is 2. The molecule has 17 nitrogen and oxygen atoms in total. The van der Waals surface area contributed by atoms with Crippen LogP contribution in [0.15, 0.2) is 0 Å². The fourth-order valence-corrected chi connectivity index (χ4v) is 14.6. The van der Waals surface area contributed by atoms with Crippen LogP contribution in [-0.2, 0) is 65.4 Å². The molecule has 612 valence electrons. The average Bonchev–Trinajstić information content (AvgIpc) is 0.917. The van der Waals surface area contributed by atoms with Crippen LogP contribution in [0.1, 0.15) is 446 Å². The first-order valence-electron chi connectivity index (χ1n) is 43.5. The van der Waals surface area contributed by atoms with Crippen molar-refractivity contribution in [1.29, 1.82) is 0 Å². The average molecular weight is 1510 g/mol. The van der Waals surface area contributed by atoms with Crippen molar-refractivity contribution in [2.75, 3.05) is 39.6 Å². The van der Waals surface area contributed by atoms with Crippen molar-refractivity contribution in [3.05, 3.63) is 0 Å². The summed E-state index contributed by atoms with van der Waals surface area (Å²) in [6.45, 7) is 9.71. The zero-order valence-electron chi connectivity index (χ0n) is 67.6. The van der Waals surface area contributed by atoms with E-state index >= 15 is 0 Å². The van der Waals surface area contributed by atoms with Crippen molar-refractivity contribution in [3.63, 3.8) is 0 Å². The zero-order valence-corrected chi connectivity index (χ0v) is 69.4. The molecule has 5 atom stereocenters. The van der Waals surface area contributed by atoms with Crippen molar-refractivity contribution < 1.29 is 80.2 Å². The van der Waals surface area contributed by atoms with Crippen LogP contribution in [-0.4, -0.2) is 96.7 Å². The molecule has 0 amide bonds. The van der Waals surface area contributed by atoms with Gasteiger partial charge in [-0.2, -0.15) is 0 Å². The Morgan fingerprint density at radius 1 is 0.262 bits per heavy atom. The third-order valence-electron chi connectivity index (χ3n) is 19.7. The molecule has 0 saturated heterocycles. The van der Waals surface area contributed by atoms with Gasteiger partial charge in [-0.1, -0.05) is 395 Å². The molecule has 0 aromatic heterocycles. The van der Waals surface area contributed by atoms with Crippen molar-refractivity contribution >= 4 is 39.5 Å². The maximum absolute atomic E-state index is 13.1. The van der Waals surface area contributed by atoms with Crippen molar-refractivity contribution in [2.45, 2.75) is 464 Å². The molecule has 0 rings (SSSR count). The van der Waals surface area contributed by atoms with Crippen LogP contribution in [0.4, 0.5) is 0 Å². The van der Waals surface area contributed by atoms with E-state index < -0.39 is 97.5 Å². The number of aliphatic hydroxyl groups is 1. The molecule has 0 aromatic carbocycles. The van der Waals surface area contributed by atoms with E-state index in [1.54, 1.807) is 0 Å². The molecule has 0 radical (unpaired) electrons. The van der Waals surface area contributed by atoms with Gasteiger partial charge in [-0.3, -0.25) is 37.3 Å². The predicted octanol–water partition coefficient (Wildman–Crippen LogP) is 25.5. The smallest absolute Gasteiger partial charge is 0.462 e. The maximum Gasteiger partial charge on any atom is 0.472 e. The lowest BCUT2D eigenvalue weighted by atomic mass is 10.0. The van der Waals surface area contributed by atoms with E-state index in [9.17, 15) is 43.2 Å². The number of hydrogen-bond donors (Lipinski definition) is 3. The molecule has 0 aliphatic rings. The van der Waals surface area contributed by atoms with Gasteiger partial charge in [-0.05, 0) is 37.5 Å². The van der Waals surface area contributed by atoms with Gasteiger partial charge < -0.3 is 33.8 Å². The zero-order chi connectivity index (χ0) is 75.6. The highest BCUT2D eigenvalue weighted by Gasteiger charge is 2.30. The van der Waals surface area contributed by atoms with E-state index in [1.807, 2.05) is 0 Å². The Bertz CT molecular complexity index is 1980. The second kappa shape index (κ2) is 75.5. The van der Waals surface area contributed by atoms with Crippen LogP contribution in [0.2, 0.25) is 0 Å². The lowest BCUT2D eigenvalue weighted by molar-refractivity contribution is -0.161. The molecular weight excluding hydrogens is 1340 g/mol. The normalized spacial score (nSPS) is 13.9. The van der Waals surface area contributed by atoms with Gasteiger partial charge in [0.15, 0.2) is 12.2 Å². The monoisotopic (exact) mass is 1510 g/mol. The topological polar surface area (TPSA) is 237 Å². The van der Waals surface area contributed by atoms with Crippen LogP contribution in [0.3, 0.4) is 0 Å². The first-order valence-corrected chi connectivity index (χ1v) is 46.5.